The van der Waals surface area contributed by atoms with Crippen molar-refractivity contribution in [3.05, 3.63) is 34.6 Å². The molecule has 2 nitrogen and oxygen atoms in total. The highest BCUT2D eigenvalue weighted by Crippen LogP contribution is 2.15. The Morgan fingerprint density at radius 3 is 2.86 bits per heavy atom. The lowest BCUT2D eigenvalue weighted by Gasteiger charge is -2.02. The molecule has 0 bridgehead atoms. The molecule has 0 aliphatic rings. The van der Waals surface area contributed by atoms with E-state index in [4.69, 9.17) is 11.6 Å². The fraction of sp³-hybridized carbons (Fsp3) is 0.300. The molecule has 0 N–H and O–H groups in total. The zero-order valence-electron chi connectivity index (χ0n) is 7.72. The molecule has 0 unspecified atom stereocenters. The predicted molar refractivity (Wildman–Crippen MR) is 51.7 cm³/mol. The van der Waals surface area contributed by atoms with E-state index in [0.29, 0.717) is 17.0 Å². The summed E-state index contributed by atoms with van der Waals surface area (Å²) in [5.74, 6) is -0.735. The lowest BCUT2D eigenvalue weighted by molar-refractivity contribution is -0.140. The summed E-state index contributed by atoms with van der Waals surface area (Å²) in [6, 6.07) is 4.39. The fourth-order valence-electron chi connectivity index (χ4n) is 1.06. The van der Waals surface area contributed by atoms with Crippen LogP contribution in [0.2, 0.25) is 5.02 Å². The summed E-state index contributed by atoms with van der Waals surface area (Å²) in [7, 11) is 1.31. The number of carbonyl (C=O) groups excluding carboxylic acids is 1. The molecule has 1 aromatic carbocycles. The van der Waals surface area contributed by atoms with E-state index in [-0.39, 0.29) is 18.2 Å². The molecule has 4 heteroatoms. The van der Waals surface area contributed by atoms with Crippen LogP contribution in [0.4, 0.5) is 4.39 Å². The molecule has 0 atom stereocenters. The second-order valence-electron chi connectivity index (χ2n) is 2.81. The van der Waals surface area contributed by atoms with Gasteiger partial charge in [0.05, 0.1) is 7.11 Å². The number of hydrogen-bond donors (Lipinski definition) is 0. The van der Waals surface area contributed by atoms with Gasteiger partial charge in [0.2, 0.25) is 0 Å². The second-order valence-corrected chi connectivity index (χ2v) is 3.25. The van der Waals surface area contributed by atoms with E-state index in [1.54, 1.807) is 12.1 Å². The van der Waals surface area contributed by atoms with Gasteiger partial charge >= 0.3 is 5.97 Å². The predicted octanol–water partition coefficient (Wildman–Crippen LogP) is 2.58. The third-order valence-electron chi connectivity index (χ3n) is 1.84. The number of benzene rings is 1. The molecule has 0 aliphatic heterocycles. The zero-order chi connectivity index (χ0) is 10.6. The molecule has 0 aliphatic carbocycles. The van der Waals surface area contributed by atoms with Crippen molar-refractivity contribution in [2.45, 2.75) is 12.8 Å². The first-order chi connectivity index (χ1) is 6.63. The first kappa shape index (κ1) is 11.0. The highest BCUT2D eigenvalue weighted by molar-refractivity contribution is 6.30. The molecule has 14 heavy (non-hydrogen) atoms. The van der Waals surface area contributed by atoms with E-state index < -0.39 is 0 Å². The average molecular weight is 217 g/mol. The number of ether oxygens (including phenoxy) is 1. The summed E-state index contributed by atoms with van der Waals surface area (Å²) < 4.78 is 17.6. The smallest absolute Gasteiger partial charge is 0.305 e. The summed E-state index contributed by atoms with van der Waals surface area (Å²) in [6.45, 7) is 0. The van der Waals surface area contributed by atoms with E-state index in [2.05, 4.69) is 4.74 Å². The zero-order valence-corrected chi connectivity index (χ0v) is 8.47. The number of esters is 1. The van der Waals surface area contributed by atoms with Gasteiger partial charge in [0.25, 0.3) is 0 Å². The van der Waals surface area contributed by atoms with Gasteiger partial charge in [-0.2, -0.15) is 0 Å². The van der Waals surface area contributed by atoms with E-state index in [1.807, 2.05) is 0 Å². The van der Waals surface area contributed by atoms with Crippen molar-refractivity contribution in [1.29, 1.82) is 0 Å². The van der Waals surface area contributed by atoms with E-state index in [0.717, 1.165) is 0 Å². The molecule has 0 heterocycles. The van der Waals surface area contributed by atoms with Crippen molar-refractivity contribution in [1.82, 2.24) is 0 Å². The van der Waals surface area contributed by atoms with Crippen molar-refractivity contribution in [3.63, 3.8) is 0 Å². The molecular weight excluding hydrogens is 207 g/mol. The van der Waals surface area contributed by atoms with Crippen molar-refractivity contribution >= 4 is 17.6 Å². The maximum atomic E-state index is 13.2. The molecule has 0 saturated heterocycles. The van der Waals surface area contributed by atoms with Gasteiger partial charge in [-0.15, -0.1) is 0 Å². The minimum atomic E-state index is -0.388. The largest absolute Gasteiger partial charge is 0.469 e. The van der Waals surface area contributed by atoms with Crippen LogP contribution >= 0.6 is 11.6 Å². The van der Waals surface area contributed by atoms with Gasteiger partial charge in [-0.1, -0.05) is 17.7 Å². The van der Waals surface area contributed by atoms with Gasteiger partial charge in [0.15, 0.2) is 0 Å². The number of methoxy groups -OCH3 is 1. The van der Waals surface area contributed by atoms with E-state index >= 15 is 0 Å². The molecule has 0 amide bonds. The Hall–Kier alpha value is -1.09. The third kappa shape index (κ3) is 3.00. The van der Waals surface area contributed by atoms with Gasteiger partial charge in [-0.05, 0) is 24.1 Å². The highest BCUT2D eigenvalue weighted by atomic mass is 35.5. The number of rotatable bonds is 3. The van der Waals surface area contributed by atoms with Crippen LogP contribution in [-0.2, 0) is 16.0 Å². The summed E-state index contributed by atoms with van der Waals surface area (Å²) >= 11 is 5.58. The Bertz CT molecular complexity index is 339. The molecule has 1 aromatic rings. The van der Waals surface area contributed by atoms with Gasteiger partial charge in [-0.25, -0.2) is 4.39 Å². The van der Waals surface area contributed by atoms with E-state index in [1.165, 1.54) is 13.2 Å². The van der Waals surface area contributed by atoms with Crippen LogP contribution in [0.25, 0.3) is 0 Å². The van der Waals surface area contributed by atoms with Crippen molar-refractivity contribution in [2.24, 2.45) is 0 Å². The lowest BCUT2D eigenvalue weighted by atomic mass is 10.1. The first-order valence-electron chi connectivity index (χ1n) is 4.14. The quantitative estimate of drug-likeness (QED) is 0.726. The van der Waals surface area contributed by atoms with Gasteiger partial charge in [0, 0.05) is 11.4 Å². The Labute approximate surface area is 86.6 Å². The van der Waals surface area contributed by atoms with Crippen molar-refractivity contribution in [3.8, 4) is 0 Å². The molecule has 0 aromatic heterocycles. The monoisotopic (exact) mass is 216 g/mol. The summed E-state index contributed by atoms with van der Waals surface area (Å²) in [5, 5.41) is 0.351. The van der Waals surface area contributed by atoms with Crippen LogP contribution in [0, 0.1) is 5.82 Å². The maximum Gasteiger partial charge on any atom is 0.305 e. The van der Waals surface area contributed by atoms with Crippen LogP contribution in [-0.4, -0.2) is 13.1 Å². The topological polar surface area (TPSA) is 26.3 Å². The Morgan fingerprint density at radius 1 is 1.57 bits per heavy atom. The first-order valence-corrected chi connectivity index (χ1v) is 4.52. The standard InChI is InChI=1S/C10H10ClFO2/c1-14-10(13)5-3-7-2-4-8(11)6-9(7)12/h2,4,6H,3,5H2,1H3. The summed E-state index contributed by atoms with van der Waals surface area (Å²) in [4.78, 5) is 10.8. The number of aryl methyl sites for hydroxylation is 1. The van der Waals surface area contributed by atoms with Crippen molar-refractivity contribution < 1.29 is 13.9 Å². The fourth-order valence-corrected chi connectivity index (χ4v) is 1.22. The Balaban J connectivity index is 2.63. The van der Waals surface area contributed by atoms with Gasteiger partial charge in [0.1, 0.15) is 5.82 Å². The summed E-state index contributed by atoms with van der Waals surface area (Å²) in [5.41, 5.74) is 0.472. The molecular formula is C10H10ClFO2. The van der Waals surface area contributed by atoms with Crippen LogP contribution in [0.1, 0.15) is 12.0 Å². The Kier molecular flexibility index (Phi) is 3.89. The van der Waals surface area contributed by atoms with Crippen LogP contribution in [0.15, 0.2) is 18.2 Å². The lowest BCUT2D eigenvalue weighted by Crippen LogP contribution is -2.02. The second kappa shape index (κ2) is 4.96. The highest BCUT2D eigenvalue weighted by Gasteiger charge is 2.06. The maximum absolute atomic E-state index is 13.2. The Morgan fingerprint density at radius 2 is 2.29 bits per heavy atom. The number of halogens is 2. The third-order valence-corrected chi connectivity index (χ3v) is 2.08. The molecule has 0 radical (unpaired) electrons. The number of carbonyl (C=O) groups is 1. The summed E-state index contributed by atoms with van der Waals surface area (Å²) in [6.07, 6.45) is 0.505. The molecule has 1 rings (SSSR count). The van der Waals surface area contributed by atoms with Gasteiger partial charge in [-0.3, -0.25) is 4.79 Å². The normalized spacial score (nSPS) is 9.93. The minimum absolute atomic E-state index is 0.176. The SMILES string of the molecule is COC(=O)CCc1ccc(Cl)cc1F. The van der Waals surface area contributed by atoms with Crippen LogP contribution < -0.4 is 0 Å². The number of hydrogen-bond acceptors (Lipinski definition) is 2. The van der Waals surface area contributed by atoms with Gasteiger partial charge < -0.3 is 4.74 Å². The van der Waals surface area contributed by atoms with E-state index in [9.17, 15) is 9.18 Å². The molecule has 0 fully saturated rings. The molecule has 0 saturated carbocycles. The van der Waals surface area contributed by atoms with Crippen molar-refractivity contribution in [2.75, 3.05) is 7.11 Å². The van der Waals surface area contributed by atoms with Crippen LogP contribution in [0.5, 0.6) is 0 Å². The average Bonchev–Trinajstić information content (AvgIpc) is 2.16. The van der Waals surface area contributed by atoms with Crippen LogP contribution in [0.3, 0.4) is 0 Å². The molecule has 76 valence electrons. The minimum Gasteiger partial charge on any atom is -0.469 e. The molecule has 0 spiro atoms.